The summed E-state index contributed by atoms with van der Waals surface area (Å²) in [4.78, 5) is 25.7. The van der Waals surface area contributed by atoms with Crippen LogP contribution in [0, 0.1) is 0 Å². The van der Waals surface area contributed by atoms with Gasteiger partial charge in [0.05, 0.1) is 6.21 Å². The number of halogens is 1. The second kappa shape index (κ2) is 7.94. The Hall–Kier alpha value is -2.66. The third-order valence-electron chi connectivity index (χ3n) is 4.07. The van der Waals surface area contributed by atoms with E-state index in [1.807, 2.05) is 36.4 Å². The van der Waals surface area contributed by atoms with Gasteiger partial charge in [-0.15, -0.1) is 0 Å². The highest BCUT2D eigenvalue weighted by Gasteiger charge is 2.31. The maximum atomic E-state index is 12.1. The van der Waals surface area contributed by atoms with E-state index in [2.05, 4.69) is 10.5 Å². The van der Waals surface area contributed by atoms with Crippen LogP contribution in [0.3, 0.4) is 0 Å². The van der Waals surface area contributed by atoms with Gasteiger partial charge in [0.25, 0.3) is 5.91 Å². The zero-order valence-corrected chi connectivity index (χ0v) is 14.3. The summed E-state index contributed by atoms with van der Waals surface area (Å²) < 4.78 is 0. The molecule has 1 saturated heterocycles. The van der Waals surface area contributed by atoms with Gasteiger partial charge in [-0.2, -0.15) is 5.10 Å². The van der Waals surface area contributed by atoms with E-state index in [1.165, 1.54) is 6.21 Å². The Morgan fingerprint density at radius 1 is 1.24 bits per heavy atom. The minimum atomic E-state index is -0.319. The van der Waals surface area contributed by atoms with Crippen molar-refractivity contribution < 1.29 is 9.59 Å². The van der Waals surface area contributed by atoms with Gasteiger partial charge in [-0.25, -0.2) is 5.43 Å². The van der Waals surface area contributed by atoms with Gasteiger partial charge < -0.3 is 4.90 Å². The van der Waals surface area contributed by atoms with E-state index in [0.29, 0.717) is 18.0 Å². The van der Waals surface area contributed by atoms with Crippen LogP contribution in [0.25, 0.3) is 0 Å². The van der Waals surface area contributed by atoms with Crippen LogP contribution in [0.1, 0.15) is 23.5 Å². The van der Waals surface area contributed by atoms with Crippen LogP contribution in [0.2, 0.25) is 5.02 Å². The van der Waals surface area contributed by atoms with Crippen LogP contribution in [0.5, 0.6) is 0 Å². The van der Waals surface area contributed by atoms with Gasteiger partial charge in [-0.1, -0.05) is 54.1 Å². The Morgan fingerprint density at radius 3 is 2.80 bits per heavy atom. The van der Waals surface area contributed by atoms with E-state index in [-0.39, 0.29) is 24.3 Å². The first-order valence-electron chi connectivity index (χ1n) is 8.02. The molecule has 2 aromatic carbocycles. The second-order valence-electron chi connectivity index (χ2n) is 5.93. The molecular formula is C19H18ClN3O2. The largest absolute Gasteiger partial charge is 0.333 e. The van der Waals surface area contributed by atoms with Gasteiger partial charge in [0.15, 0.2) is 0 Å². The molecule has 0 unspecified atom stereocenters. The number of hydrogen-bond acceptors (Lipinski definition) is 3. The standard InChI is InChI=1S/C19H18ClN3O2/c20-17-8-4-5-14(9-17)11-21-22-18(24)13-23-12-16(10-19(23)25)15-6-2-1-3-7-15/h1-9,11,16H,10,12-13H2,(H,22,24)/b21-11-/t16-/m0/s1. The fourth-order valence-corrected chi connectivity index (χ4v) is 3.05. The van der Waals surface area contributed by atoms with E-state index >= 15 is 0 Å². The van der Waals surface area contributed by atoms with Crippen molar-refractivity contribution in [2.45, 2.75) is 12.3 Å². The third-order valence-corrected chi connectivity index (χ3v) is 4.31. The van der Waals surface area contributed by atoms with E-state index in [1.54, 1.807) is 23.1 Å². The number of nitrogens with one attached hydrogen (secondary N) is 1. The molecule has 128 valence electrons. The van der Waals surface area contributed by atoms with Crippen molar-refractivity contribution in [2.75, 3.05) is 13.1 Å². The average molecular weight is 356 g/mol. The van der Waals surface area contributed by atoms with Gasteiger partial charge >= 0.3 is 0 Å². The summed E-state index contributed by atoms with van der Waals surface area (Å²) in [5.41, 5.74) is 4.36. The first kappa shape index (κ1) is 17.2. The Balaban J connectivity index is 1.52. The molecule has 0 bridgehead atoms. The van der Waals surface area contributed by atoms with E-state index in [4.69, 9.17) is 11.6 Å². The lowest BCUT2D eigenvalue weighted by Gasteiger charge is -2.15. The van der Waals surface area contributed by atoms with Gasteiger partial charge in [0.2, 0.25) is 5.91 Å². The number of carbonyl (C=O) groups excluding carboxylic acids is 2. The van der Waals surface area contributed by atoms with Gasteiger partial charge in [-0.3, -0.25) is 9.59 Å². The maximum absolute atomic E-state index is 12.1. The zero-order valence-electron chi connectivity index (χ0n) is 13.6. The number of likely N-dealkylation sites (tertiary alicyclic amines) is 1. The summed E-state index contributed by atoms with van der Waals surface area (Å²) in [5, 5.41) is 4.51. The molecule has 0 spiro atoms. The smallest absolute Gasteiger partial charge is 0.259 e. The summed E-state index contributed by atoms with van der Waals surface area (Å²) in [6, 6.07) is 17.0. The summed E-state index contributed by atoms with van der Waals surface area (Å²) in [7, 11) is 0. The van der Waals surface area contributed by atoms with Crippen molar-refractivity contribution >= 4 is 29.6 Å². The highest BCUT2D eigenvalue weighted by atomic mass is 35.5. The van der Waals surface area contributed by atoms with E-state index in [0.717, 1.165) is 11.1 Å². The predicted molar refractivity (Wildman–Crippen MR) is 97.6 cm³/mol. The third kappa shape index (κ3) is 4.67. The molecule has 1 fully saturated rings. The number of carbonyl (C=O) groups is 2. The van der Waals surface area contributed by atoms with Crippen LogP contribution in [0.15, 0.2) is 59.7 Å². The molecule has 0 radical (unpaired) electrons. The Kier molecular flexibility index (Phi) is 5.46. The summed E-state index contributed by atoms with van der Waals surface area (Å²) in [6.45, 7) is 0.559. The average Bonchev–Trinajstić information content (AvgIpc) is 2.96. The maximum Gasteiger partial charge on any atom is 0.259 e. The first-order valence-corrected chi connectivity index (χ1v) is 8.40. The lowest BCUT2D eigenvalue weighted by Crippen LogP contribution is -2.36. The van der Waals surface area contributed by atoms with Crippen molar-refractivity contribution in [1.82, 2.24) is 10.3 Å². The molecule has 2 amide bonds. The van der Waals surface area contributed by atoms with Crippen molar-refractivity contribution in [3.8, 4) is 0 Å². The Labute approximate surface area is 151 Å². The van der Waals surface area contributed by atoms with Gasteiger partial charge in [0, 0.05) is 23.9 Å². The van der Waals surface area contributed by atoms with Crippen molar-refractivity contribution in [2.24, 2.45) is 5.10 Å². The fourth-order valence-electron chi connectivity index (χ4n) is 2.85. The zero-order chi connectivity index (χ0) is 17.6. The molecule has 0 aromatic heterocycles. The number of nitrogens with zero attached hydrogens (tertiary/aromatic N) is 2. The molecule has 1 aliphatic heterocycles. The molecule has 0 aliphatic carbocycles. The van der Waals surface area contributed by atoms with Crippen LogP contribution >= 0.6 is 11.6 Å². The van der Waals surface area contributed by atoms with Crippen molar-refractivity contribution in [3.05, 3.63) is 70.7 Å². The Morgan fingerprint density at radius 2 is 2.04 bits per heavy atom. The van der Waals surface area contributed by atoms with E-state index in [9.17, 15) is 9.59 Å². The van der Waals surface area contributed by atoms with Crippen LogP contribution in [0.4, 0.5) is 0 Å². The normalized spacial score (nSPS) is 17.2. The van der Waals surface area contributed by atoms with Gasteiger partial charge in [0.1, 0.15) is 6.54 Å². The number of hydrogen-bond donors (Lipinski definition) is 1. The summed E-state index contributed by atoms with van der Waals surface area (Å²) >= 11 is 5.89. The topological polar surface area (TPSA) is 61.8 Å². The molecule has 1 N–H and O–H groups in total. The summed E-state index contributed by atoms with van der Waals surface area (Å²) in [5.74, 6) is -0.195. The molecule has 0 saturated carbocycles. The fraction of sp³-hybridized carbons (Fsp3) is 0.211. The molecule has 1 atom stereocenters. The summed E-state index contributed by atoms with van der Waals surface area (Å²) in [6.07, 6.45) is 1.95. The molecule has 3 rings (SSSR count). The second-order valence-corrected chi connectivity index (χ2v) is 6.37. The highest BCUT2D eigenvalue weighted by molar-refractivity contribution is 6.30. The molecular weight excluding hydrogens is 338 g/mol. The lowest BCUT2D eigenvalue weighted by atomic mass is 9.99. The SMILES string of the molecule is O=C(CN1C[C@@H](c2ccccc2)CC1=O)N/N=C\c1cccc(Cl)c1. The van der Waals surface area contributed by atoms with Crippen LogP contribution in [-0.4, -0.2) is 36.0 Å². The van der Waals surface area contributed by atoms with Crippen LogP contribution in [-0.2, 0) is 9.59 Å². The van der Waals surface area contributed by atoms with Crippen molar-refractivity contribution in [1.29, 1.82) is 0 Å². The number of amides is 2. The molecule has 1 heterocycles. The van der Waals surface area contributed by atoms with Crippen LogP contribution < -0.4 is 5.43 Å². The highest BCUT2D eigenvalue weighted by Crippen LogP contribution is 2.27. The van der Waals surface area contributed by atoms with E-state index < -0.39 is 0 Å². The molecule has 1 aliphatic rings. The number of benzene rings is 2. The van der Waals surface area contributed by atoms with Gasteiger partial charge in [-0.05, 0) is 23.3 Å². The minimum Gasteiger partial charge on any atom is -0.333 e. The first-order chi connectivity index (χ1) is 12.1. The lowest BCUT2D eigenvalue weighted by molar-refractivity contribution is -0.133. The molecule has 2 aromatic rings. The number of rotatable bonds is 5. The molecule has 6 heteroatoms. The molecule has 5 nitrogen and oxygen atoms in total. The monoisotopic (exact) mass is 355 g/mol. The minimum absolute atomic E-state index is 0.00898. The molecule has 25 heavy (non-hydrogen) atoms. The number of hydrazone groups is 1. The Bertz CT molecular complexity index is 792. The quantitative estimate of drug-likeness (QED) is 0.662. The van der Waals surface area contributed by atoms with Crippen molar-refractivity contribution in [3.63, 3.8) is 0 Å². The predicted octanol–water partition coefficient (Wildman–Crippen LogP) is 2.81.